The fourth-order valence-electron chi connectivity index (χ4n) is 2.64. The average Bonchev–Trinajstić information content (AvgIpc) is 2.91. The van der Waals surface area contributed by atoms with Crippen molar-refractivity contribution in [2.24, 2.45) is 11.7 Å². The van der Waals surface area contributed by atoms with E-state index in [1.54, 1.807) is 0 Å². The van der Waals surface area contributed by atoms with Gasteiger partial charge in [0.25, 0.3) is 5.91 Å². The lowest BCUT2D eigenvalue weighted by Crippen LogP contribution is -2.34. The van der Waals surface area contributed by atoms with Gasteiger partial charge in [0.15, 0.2) is 0 Å². The molecule has 0 radical (unpaired) electrons. The molecule has 1 aromatic heterocycles. The first-order valence-electron chi connectivity index (χ1n) is 7.23. The van der Waals surface area contributed by atoms with Gasteiger partial charge in [-0.1, -0.05) is 20.8 Å². The van der Waals surface area contributed by atoms with Crippen LogP contribution >= 0.6 is 11.3 Å². The first-order valence-corrected chi connectivity index (χ1v) is 8.04. The lowest BCUT2D eigenvalue weighted by Gasteiger charge is -2.21. The molecule has 0 saturated carbocycles. The van der Waals surface area contributed by atoms with Gasteiger partial charge in [-0.05, 0) is 32.7 Å². The molecule has 4 nitrogen and oxygen atoms in total. The second-order valence-electron chi connectivity index (χ2n) is 6.83. The Bertz CT molecular complexity index is 504. The predicted molar refractivity (Wildman–Crippen MR) is 83.2 cm³/mol. The standard InChI is InChI=1S/C15H25N3OS/c1-9-6-11(7-16)8-18(9)13(19)12-10(2)17-14(20-12)15(3,4)5/h9,11H,6-8,16H2,1-5H3. The van der Waals surface area contributed by atoms with Crippen LogP contribution in [0.15, 0.2) is 0 Å². The fourth-order valence-corrected chi connectivity index (χ4v) is 3.72. The fraction of sp³-hybridized carbons (Fsp3) is 0.733. The maximum atomic E-state index is 12.7. The van der Waals surface area contributed by atoms with Crippen molar-refractivity contribution in [3.8, 4) is 0 Å². The number of thiazole rings is 1. The molecule has 0 spiro atoms. The predicted octanol–water partition coefficient (Wildman–Crippen LogP) is 2.56. The zero-order chi connectivity index (χ0) is 15.1. The zero-order valence-corrected chi connectivity index (χ0v) is 13.9. The van der Waals surface area contributed by atoms with Crippen LogP contribution in [0, 0.1) is 12.8 Å². The number of hydrogen-bond acceptors (Lipinski definition) is 4. The normalized spacial score (nSPS) is 23.4. The lowest BCUT2D eigenvalue weighted by atomic mass is 9.98. The Labute approximate surface area is 125 Å². The van der Waals surface area contributed by atoms with Crippen LogP contribution in [-0.4, -0.2) is 34.9 Å². The van der Waals surface area contributed by atoms with Gasteiger partial charge in [-0.3, -0.25) is 4.79 Å². The van der Waals surface area contributed by atoms with Crippen molar-refractivity contribution in [1.29, 1.82) is 0 Å². The van der Waals surface area contributed by atoms with E-state index in [0.29, 0.717) is 12.5 Å². The third kappa shape index (κ3) is 2.88. The highest BCUT2D eigenvalue weighted by Gasteiger charge is 2.34. The molecule has 2 unspecified atom stereocenters. The van der Waals surface area contributed by atoms with Gasteiger partial charge in [0.05, 0.1) is 10.7 Å². The van der Waals surface area contributed by atoms with Gasteiger partial charge in [-0.25, -0.2) is 4.98 Å². The van der Waals surface area contributed by atoms with Crippen molar-refractivity contribution < 1.29 is 4.79 Å². The number of carbonyl (C=O) groups is 1. The van der Waals surface area contributed by atoms with Crippen LogP contribution in [0.4, 0.5) is 0 Å². The number of amides is 1. The summed E-state index contributed by atoms with van der Waals surface area (Å²) in [4.78, 5) is 20.1. The van der Waals surface area contributed by atoms with Gasteiger partial charge in [-0.15, -0.1) is 11.3 Å². The van der Waals surface area contributed by atoms with Crippen molar-refractivity contribution in [3.05, 3.63) is 15.6 Å². The number of nitrogens with zero attached hydrogens (tertiary/aromatic N) is 2. The topological polar surface area (TPSA) is 59.2 Å². The van der Waals surface area contributed by atoms with Crippen molar-refractivity contribution in [3.63, 3.8) is 0 Å². The smallest absolute Gasteiger partial charge is 0.266 e. The van der Waals surface area contributed by atoms with Gasteiger partial charge in [0.1, 0.15) is 4.88 Å². The molecule has 1 aromatic rings. The van der Waals surface area contributed by atoms with Gasteiger partial charge in [0, 0.05) is 18.0 Å². The Hall–Kier alpha value is -0.940. The van der Waals surface area contributed by atoms with Crippen molar-refractivity contribution >= 4 is 17.2 Å². The van der Waals surface area contributed by atoms with E-state index >= 15 is 0 Å². The number of aromatic nitrogens is 1. The molecule has 2 rings (SSSR count). The molecule has 20 heavy (non-hydrogen) atoms. The first kappa shape index (κ1) is 15.4. The summed E-state index contributed by atoms with van der Waals surface area (Å²) in [7, 11) is 0. The number of hydrogen-bond donors (Lipinski definition) is 1. The molecule has 1 aliphatic rings. The highest BCUT2D eigenvalue weighted by Crippen LogP contribution is 2.32. The largest absolute Gasteiger partial charge is 0.335 e. The summed E-state index contributed by atoms with van der Waals surface area (Å²) in [5, 5.41) is 1.03. The van der Waals surface area contributed by atoms with E-state index in [9.17, 15) is 4.79 Å². The van der Waals surface area contributed by atoms with E-state index in [1.165, 1.54) is 11.3 Å². The van der Waals surface area contributed by atoms with Crippen LogP contribution in [-0.2, 0) is 5.41 Å². The van der Waals surface area contributed by atoms with E-state index in [1.807, 2.05) is 11.8 Å². The number of rotatable bonds is 2. The molecule has 2 N–H and O–H groups in total. The van der Waals surface area contributed by atoms with E-state index in [0.717, 1.165) is 28.5 Å². The summed E-state index contributed by atoms with van der Waals surface area (Å²) in [6, 6.07) is 0.274. The van der Waals surface area contributed by atoms with Crippen molar-refractivity contribution in [1.82, 2.24) is 9.88 Å². The summed E-state index contributed by atoms with van der Waals surface area (Å²) >= 11 is 1.54. The minimum absolute atomic E-state index is 0.00955. The highest BCUT2D eigenvalue weighted by molar-refractivity contribution is 7.14. The summed E-state index contributed by atoms with van der Waals surface area (Å²) in [6.07, 6.45) is 1.01. The Morgan fingerprint density at radius 3 is 2.60 bits per heavy atom. The summed E-state index contributed by atoms with van der Waals surface area (Å²) in [6.45, 7) is 11.9. The van der Waals surface area contributed by atoms with Crippen LogP contribution in [0.1, 0.15) is 54.5 Å². The number of likely N-dealkylation sites (tertiary alicyclic amines) is 1. The van der Waals surface area contributed by atoms with Crippen molar-refractivity contribution in [2.45, 2.75) is 52.5 Å². The molecule has 1 amide bonds. The molecule has 0 bridgehead atoms. The van der Waals surface area contributed by atoms with Crippen LogP contribution in [0.3, 0.4) is 0 Å². The summed E-state index contributed by atoms with van der Waals surface area (Å²) < 4.78 is 0. The number of nitrogens with two attached hydrogens (primary N) is 1. The minimum Gasteiger partial charge on any atom is -0.335 e. The van der Waals surface area contributed by atoms with Crippen LogP contribution < -0.4 is 5.73 Å². The molecule has 0 aromatic carbocycles. The molecule has 0 aliphatic carbocycles. The second-order valence-corrected chi connectivity index (χ2v) is 7.83. The lowest BCUT2D eigenvalue weighted by molar-refractivity contribution is 0.0747. The molecular weight excluding hydrogens is 270 g/mol. The molecule has 2 atom stereocenters. The molecule has 2 heterocycles. The number of carbonyl (C=O) groups excluding carboxylic acids is 1. The van der Waals surface area contributed by atoms with Crippen LogP contribution in [0.2, 0.25) is 0 Å². The Kier molecular flexibility index (Phi) is 4.21. The van der Waals surface area contributed by atoms with Gasteiger partial charge in [-0.2, -0.15) is 0 Å². The zero-order valence-electron chi connectivity index (χ0n) is 13.1. The van der Waals surface area contributed by atoms with E-state index in [-0.39, 0.29) is 17.4 Å². The van der Waals surface area contributed by atoms with Gasteiger partial charge < -0.3 is 10.6 Å². The maximum Gasteiger partial charge on any atom is 0.266 e. The molecule has 1 fully saturated rings. The van der Waals surface area contributed by atoms with E-state index in [4.69, 9.17) is 5.73 Å². The highest BCUT2D eigenvalue weighted by atomic mass is 32.1. The van der Waals surface area contributed by atoms with E-state index < -0.39 is 0 Å². The molecule has 112 valence electrons. The molecule has 5 heteroatoms. The van der Waals surface area contributed by atoms with Crippen LogP contribution in [0.25, 0.3) is 0 Å². The Balaban J connectivity index is 2.24. The minimum atomic E-state index is -0.00955. The van der Waals surface area contributed by atoms with E-state index in [2.05, 4.69) is 32.7 Å². The third-order valence-electron chi connectivity index (χ3n) is 3.89. The van der Waals surface area contributed by atoms with Gasteiger partial charge >= 0.3 is 0 Å². The average molecular weight is 295 g/mol. The summed E-state index contributed by atoms with van der Waals surface area (Å²) in [5.41, 5.74) is 6.59. The Morgan fingerprint density at radius 1 is 1.50 bits per heavy atom. The summed E-state index contributed by atoms with van der Waals surface area (Å²) in [5.74, 6) is 0.559. The quantitative estimate of drug-likeness (QED) is 0.912. The van der Waals surface area contributed by atoms with Crippen molar-refractivity contribution in [2.75, 3.05) is 13.1 Å². The first-order chi connectivity index (χ1) is 9.24. The van der Waals surface area contributed by atoms with Gasteiger partial charge in [0.2, 0.25) is 0 Å². The SMILES string of the molecule is Cc1nc(C(C)(C)C)sc1C(=O)N1CC(CN)CC1C. The van der Waals surface area contributed by atoms with Crippen LogP contribution in [0.5, 0.6) is 0 Å². The second kappa shape index (κ2) is 5.45. The third-order valence-corrected chi connectivity index (χ3v) is 5.46. The maximum absolute atomic E-state index is 12.7. The number of aryl methyl sites for hydroxylation is 1. The molecular formula is C15H25N3OS. The monoisotopic (exact) mass is 295 g/mol. The molecule has 1 saturated heterocycles. The molecule has 1 aliphatic heterocycles. The Morgan fingerprint density at radius 2 is 2.15 bits per heavy atom.